The van der Waals surface area contributed by atoms with E-state index in [-0.39, 0.29) is 5.92 Å². The summed E-state index contributed by atoms with van der Waals surface area (Å²) in [5, 5.41) is 13.1. The maximum absolute atomic E-state index is 11.8. The topological polar surface area (TPSA) is 61.8 Å². The Labute approximate surface area is 128 Å². The second-order valence-electron chi connectivity index (χ2n) is 6.58. The normalized spacial score (nSPS) is 32.9. The van der Waals surface area contributed by atoms with Crippen LogP contribution in [0.4, 0.5) is 0 Å². The highest BCUT2D eigenvalue weighted by atomic mass is 16.5. The summed E-state index contributed by atoms with van der Waals surface area (Å²) < 4.78 is 5.43. The van der Waals surface area contributed by atoms with Gasteiger partial charge in [-0.3, -0.25) is 4.79 Å². The van der Waals surface area contributed by atoms with Crippen LogP contribution < -0.4 is 5.32 Å². The van der Waals surface area contributed by atoms with Crippen molar-refractivity contribution >= 4 is 5.97 Å². The third-order valence-electron chi connectivity index (χ3n) is 5.25. The zero-order valence-electron chi connectivity index (χ0n) is 13.4. The van der Waals surface area contributed by atoms with E-state index in [0.717, 1.165) is 64.8 Å². The zero-order valence-corrected chi connectivity index (χ0v) is 13.4. The van der Waals surface area contributed by atoms with E-state index >= 15 is 0 Å². The number of rotatable bonds is 8. The highest BCUT2D eigenvalue weighted by molar-refractivity contribution is 5.79. The van der Waals surface area contributed by atoms with Gasteiger partial charge in [-0.25, -0.2) is 0 Å². The van der Waals surface area contributed by atoms with Crippen LogP contribution in [0.2, 0.25) is 0 Å². The first-order valence-corrected chi connectivity index (χ1v) is 8.36. The summed E-state index contributed by atoms with van der Waals surface area (Å²) in [6.07, 6.45) is 5.83. The molecule has 5 nitrogen and oxygen atoms in total. The minimum absolute atomic E-state index is 0.242. The molecule has 0 aromatic carbocycles. The standard InChI is InChI=1S/C16H30N2O3/c1-3-9-17-16(15(19)20)8-4-5-13(16)6-10-18(2)14-7-11-21-12-14/h13-14,17H,3-12H2,1-2H3,(H,19,20). The Morgan fingerprint density at radius 3 is 2.90 bits per heavy atom. The van der Waals surface area contributed by atoms with Gasteiger partial charge in [0.05, 0.1) is 6.61 Å². The fourth-order valence-corrected chi connectivity index (χ4v) is 3.82. The van der Waals surface area contributed by atoms with E-state index in [1.807, 2.05) is 0 Å². The van der Waals surface area contributed by atoms with Crippen LogP contribution in [0, 0.1) is 5.92 Å². The molecule has 0 spiro atoms. The molecule has 0 aromatic rings. The molecular weight excluding hydrogens is 268 g/mol. The fraction of sp³-hybridized carbons (Fsp3) is 0.938. The summed E-state index contributed by atoms with van der Waals surface area (Å²) in [7, 11) is 2.14. The number of nitrogens with zero attached hydrogens (tertiary/aromatic N) is 1. The lowest BCUT2D eigenvalue weighted by atomic mass is 9.84. The van der Waals surface area contributed by atoms with Crippen molar-refractivity contribution in [1.29, 1.82) is 0 Å². The number of carboxylic acids is 1. The average molecular weight is 298 g/mol. The molecule has 2 fully saturated rings. The second kappa shape index (κ2) is 7.56. The van der Waals surface area contributed by atoms with Crippen LogP contribution in [0.3, 0.4) is 0 Å². The molecule has 1 aliphatic heterocycles. The van der Waals surface area contributed by atoms with Crippen molar-refractivity contribution in [1.82, 2.24) is 10.2 Å². The molecular formula is C16H30N2O3. The molecule has 122 valence electrons. The number of likely N-dealkylation sites (N-methyl/N-ethyl adjacent to an activating group) is 1. The molecule has 2 aliphatic rings. The van der Waals surface area contributed by atoms with Crippen LogP contribution in [0.25, 0.3) is 0 Å². The van der Waals surface area contributed by atoms with Gasteiger partial charge in [-0.2, -0.15) is 0 Å². The number of hydrogen-bond acceptors (Lipinski definition) is 4. The molecule has 0 aromatic heterocycles. The van der Waals surface area contributed by atoms with Crippen LogP contribution in [-0.2, 0) is 9.53 Å². The molecule has 1 saturated heterocycles. The number of nitrogens with one attached hydrogen (secondary N) is 1. The van der Waals surface area contributed by atoms with Gasteiger partial charge in [0, 0.05) is 12.6 Å². The lowest BCUT2D eigenvalue weighted by molar-refractivity contribution is -0.146. The van der Waals surface area contributed by atoms with Crippen LogP contribution in [0.5, 0.6) is 0 Å². The Balaban J connectivity index is 1.91. The largest absolute Gasteiger partial charge is 0.480 e. The van der Waals surface area contributed by atoms with E-state index in [2.05, 4.69) is 24.2 Å². The highest BCUT2D eigenvalue weighted by Crippen LogP contribution is 2.38. The Morgan fingerprint density at radius 2 is 2.29 bits per heavy atom. The predicted molar refractivity (Wildman–Crippen MR) is 82.5 cm³/mol. The van der Waals surface area contributed by atoms with Crippen molar-refractivity contribution in [2.24, 2.45) is 5.92 Å². The number of aliphatic carboxylic acids is 1. The number of hydrogen-bond donors (Lipinski definition) is 2. The van der Waals surface area contributed by atoms with Crippen molar-refractivity contribution in [3.63, 3.8) is 0 Å². The van der Waals surface area contributed by atoms with Crippen molar-refractivity contribution in [2.45, 2.75) is 57.0 Å². The number of ether oxygens (including phenoxy) is 1. The van der Waals surface area contributed by atoms with E-state index in [9.17, 15) is 9.90 Å². The minimum atomic E-state index is -0.691. The van der Waals surface area contributed by atoms with Gasteiger partial charge >= 0.3 is 5.97 Å². The average Bonchev–Trinajstić information content (AvgIpc) is 3.12. The molecule has 3 unspecified atom stereocenters. The van der Waals surface area contributed by atoms with Gasteiger partial charge in [0.15, 0.2) is 0 Å². The SMILES string of the molecule is CCCNC1(C(=O)O)CCCC1CCN(C)C1CCOC1. The Bertz CT molecular complexity index is 344. The Hall–Kier alpha value is -0.650. The molecule has 21 heavy (non-hydrogen) atoms. The van der Waals surface area contributed by atoms with Gasteiger partial charge in [0.2, 0.25) is 0 Å². The second-order valence-corrected chi connectivity index (χ2v) is 6.58. The maximum atomic E-state index is 11.8. The van der Waals surface area contributed by atoms with Gasteiger partial charge in [0.25, 0.3) is 0 Å². The number of carbonyl (C=O) groups is 1. The molecule has 1 aliphatic carbocycles. The van der Waals surface area contributed by atoms with Gasteiger partial charge in [-0.15, -0.1) is 0 Å². The summed E-state index contributed by atoms with van der Waals surface area (Å²) >= 11 is 0. The first-order chi connectivity index (χ1) is 10.1. The van der Waals surface area contributed by atoms with Crippen molar-refractivity contribution in [2.75, 3.05) is 33.4 Å². The molecule has 0 radical (unpaired) electrons. The minimum Gasteiger partial charge on any atom is -0.480 e. The Kier molecular flexibility index (Phi) is 6.02. The quantitative estimate of drug-likeness (QED) is 0.714. The van der Waals surface area contributed by atoms with E-state index in [4.69, 9.17) is 4.74 Å². The van der Waals surface area contributed by atoms with Crippen LogP contribution in [0.1, 0.15) is 45.4 Å². The van der Waals surface area contributed by atoms with E-state index in [1.54, 1.807) is 0 Å². The van der Waals surface area contributed by atoms with E-state index in [1.165, 1.54) is 0 Å². The van der Waals surface area contributed by atoms with E-state index < -0.39 is 11.5 Å². The molecule has 0 amide bonds. The van der Waals surface area contributed by atoms with Gasteiger partial charge < -0.3 is 20.1 Å². The highest BCUT2D eigenvalue weighted by Gasteiger charge is 2.48. The lowest BCUT2D eigenvalue weighted by Gasteiger charge is -2.34. The van der Waals surface area contributed by atoms with Crippen molar-refractivity contribution in [3.05, 3.63) is 0 Å². The van der Waals surface area contributed by atoms with Gasteiger partial charge in [0.1, 0.15) is 5.54 Å². The first-order valence-electron chi connectivity index (χ1n) is 8.36. The fourth-order valence-electron chi connectivity index (χ4n) is 3.82. The van der Waals surface area contributed by atoms with Crippen LogP contribution in [-0.4, -0.2) is 60.9 Å². The van der Waals surface area contributed by atoms with Crippen LogP contribution >= 0.6 is 0 Å². The van der Waals surface area contributed by atoms with Crippen molar-refractivity contribution < 1.29 is 14.6 Å². The lowest BCUT2D eigenvalue weighted by Crippen LogP contribution is -2.55. The molecule has 1 saturated carbocycles. The molecule has 2 N–H and O–H groups in total. The maximum Gasteiger partial charge on any atom is 0.324 e. The van der Waals surface area contributed by atoms with E-state index in [0.29, 0.717) is 6.04 Å². The smallest absolute Gasteiger partial charge is 0.324 e. The van der Waals surface area contributed by atoms with Gasteiger partial charge in [-0.05, 0) is 58.2 Å². The summed E-state index contributed by atoms with van der Waals surface area (Å²) in [4.78, 5) is 14.2. The van der Waals surface area contributed by atoms with Crippen molar-refractivity contribution in [3.8, 4) is 0 Å². The van der Waals surface area contributed by atoms with Crippen LogP contribution in [0.15, 0.2) is 0 Å². The summed E-state index contributed by atoms with van der Waals surface area (Å²) in [5.41, 5.74) is -0.691. The molecule has 1 heterocycles. The monoisotopic (exact) mass is 298 g/mol. The zero-order chi connectivity index (χ0) is 15.3. The molecule has 2 rings (SSSR count). The third kappa shape index (κ3) is 3.76. The molecule has 3 atom stereocenters. The first kappa shape index (κ1) is 16.7. The predicted octanol–water partition coefficient (Wildman–Crippen LogP) is 1.72. The van der Waals surface area contributed by atoms with Gasteiger partial charge in [-0.1, -0.05) is 13.3 Å². The number of carboxylic acid groups (broad SMARTS) is 1. The third-order valence-corrected chi connectivity index (χ3v) is 5.25. The molecule has 5 heteroatoms. The Morgan fingerprint density at radius 1 is 1.48 bits per heavy atom. The summed E-state index contributed by atoms with van der Waals surface area (Å²) in [6, 6.07) is 0.509. The molecule has 0 bridgehead atoms. The summed E-state index contributed by atoms with van der Waals surface area (Å²) in [6.45, 7) is 5.51. The summed E-state index contributed by atoms with van der Waals surface area (Å²) in [5.74, 6) is -0.420.